The normalized spacial score (nSPS) is 26.8. The fourth-order valence-corrected chi connectivity index (χ4v) is 1.56. The molecule has 1 heterocycles. The predicted octanol–water partition coefficient (Wildman–Crippen LogP) is 1.32. The Morgan fingerprint density at radius 2 is 2.27 bits per heavy atom. The van der Waals surface area contributed by atoms with E-state index < -0.39 is 5.79 Å². The smallest absolute Gasteiger partial charge is 0.163 e. The standard InChI is InChI=1S/C11H22O4/c1-4-5-6-13-9(7-12)10-8-14-11(2,3)15-10/h9-10,12H,4-8H2,1-3H3/t9-,10-/m0/s1. The molecule has 4 nitrogen and oxygen atoms in total. The van der Waals surface area contributed by atoms with Gasteiger partial charge in [-0.15, -0.1) is 0 Å². The molecule has 2 atom stereocenters. The summed E-state index contributed by atoms with van der Waals surface area (Å²) in [4.78, 5) is 0. The van der Waals surface area contributed by atoms with E-state index in [0.29, 0.717) is 13.2 Å². The van der Waals surface area contributed by atoms with Crippen molar-refractivity contribution in [2.45, 2.75) is 51.6 Å². The number of unbranched alkanes of at least 4 members (excludes halogenated alkanes) is 1. The highest BCUT2D eigenvalue weighted by molar-refractivity contribution is 4.78. The van der Waals surface area contributed by atoms with Crippen molar-refractivity contribution in [2.24, 2.45) is 0 Å². The molecule has 0 aromatic heterocycles. The molecule has 0 aromatic carbocycles. The van der Waals surface area contributed by atoms with E-state index in [4.69, 9.17) is 14.2 Å². The minimum Gasteiger partial charge on any atom is -0.394 e. The summed E-state index contributed by atoms with van der Waals surface area (Å²) in [6.07, 6.45) is 1.68. The summed E-state index contributed by atoms with van der Waals surface area (Å²) in [5.74, 6) is -0.549. The van der Waals surface area contributed by atoms with E-state index in [1.165, 1.54) is 0 Å². The predicted molar refractivity (Wildman–Crippen MR) is 56.6 cm³/mol. The molecule has 0 saturated carbocycles. The van der Waals surface area contributed by atoms with Crippen molar-refractivity contribution in [1.82, 2.24) is 0 Å². The Hall–Kier alpha value is -0.160. The Labute approximate surface area is 91.5 Å². The number of rotatable bonds is 6. The van der Waals surface area contributed by atoms with Gasteiger partial charge in [0.05, 0.1) is 13.2 Å². The van der Waals surface area contributed by atoms with Crippen molar-refractivity contribution in [1.29, 1.82) is 0 Å². The first-order valence-corrected chi connectivity index (χ1v) is 5.63. The second kappa shape index (κ2) is 5.80. The van der Waals surface area contributed by atoms with Crippen molar-refractivity contribution < 1.29 is 19.3 Å². The number of aliphatic hydroxyl groups excluding tert-OH is 1. The molecule has 1 saturated heterocycles. The average molecular weight is 218 g/mol. The van der Waals surface area contributed by atoms with Gasteiger partial charge in [0, 0.05) is 6.61 Å². The Bertz CT molecular complexity index is 181. The largest absolute Gasteiger partial charge is 0.394 e. The highest BCUT2D eigenvalue weighted by atomic mass is 16.7. The lowest BCUT2D eigenvalue weighted by Gasteiger charge is -2.22. The fourth-order valence-electron chi connectivity index (χ4n) is 1.56. The number of hydrogen-bond acceptors (Lipinski definition) is 4. The topological polar surface area (TPSA) is 47.9 Å². The van der Waals surface area contributed by atoms with E-state index in [2.05, 4.69) is 6.92 Å². The first-order valence-electron chi connectivity index (χ1n) is 5.63. The lowest BCUT2D eigenvalue weighted by Crippen LogP contribution is -2.36. The van der Waals surface area contributed by atoms with Crippen LogP contribution in [0.15, 0.2) is 0 Å². The van der Waals surface area contributed by atoms with E-state index in [0.717, 1.165) is 12.8 Å². The van der Waals surface area contributed by atoms with Crippen LogP contribution in [-0.2, 0) is 14.2 Å². The van der Waals surface area contributed by atoms with Crippen LogP contribution < -0.4 is 0 Å². The second-order valence-electron chi connectivity index (χ2n) is 4.31. The Kier molecular flexibility index (Phi) is 4.99. The van der Waals surface area contributed by atoms with Gasteiger partial charge >= 0.3 is 0 Å². The van der Waals surface area contributed by atoms with Gasteiger partial charge in [-0.05, 0) is 20.3 Å². The van der Waals surface area contributed by atoms with Crippen molar-refractivity contribution in [3.05, 3.63) is 0 Å². The zero-order valence-electron chi connectivity index (χ0n) is 9.86. The summed E-state index contributed by atoms with van der Waals surface area (Å²) in [6, 6.07) is 0. The maximum absolute atomic E-state index is 9.20. The Morgan fingerprint density at radius 1 is 1.53 bits per heavy atom. The molecule has 1 N–H and O–H groups in total. The van der Waals surface area contributed by atoms with Crippen LogP contribution in [-0.4, -0.2) is 42.9 Å². The molecule has 1 rings (SSSR count). The molecule has 1 fully saturated rings. The Morgan fingerprint density at radius 3 is 2.73 bits per heavy atom. The summed E-state index contributed by atoms with van der Waals surface area (Å²) < 4.78 is 16.6. The third-order valence-electron chi connectivity index (χ3n) is 2.45. The van der Waals surface area contributed by atoms with Crippen LogP contribution in [0.5, 0.6) is 0 Å². The highest BCUT2D eigenvalue weighted by Crippen LogP contribution is 2.25. The SMILES string of the molecule is CCCCO[C@@H](CO)[C@@H]1COC(C)(C)O1. The highest BCUT2D eigenvalue weighted by Gasteiger charge is 2.37. The van der Waals surface area contributed by atoms with Gasteiger partial charge in [0.2, 0.25) is 0 Å². The van der Waals surface area contributed by atoms with Crippen LogP contribution in [0.4, 0.5) is 0 Å². The number of hydrogen-bond donors (Lipinski definition) is 1. The van der Waals surface area contributed by atoms with Gasteiger partial charge in [-0.25, -0.2) is 0 Å². The van der Waals surface area contributed by atoms with Crippen molar-refractivity contribution in [3.63, 3.8) is 0 Å². The van der Waals surface area contributed by atoms with Gasteiger partial charge in [-0.2, -0.15) is 0 Å². The van der Waals surface area contributed by atoms with E-state index in [9.17, 15) is 5.11 Å². The van der Waals surface area contributed by atoms with Gasteiger partial charge in [-0.3, -0.25) is 0 Å². The van der Waals surface area contributed by atoms with Gasteiger partial charge in [0.1, 0.15) is 12.2 Å². The maximum atomic E-state index is 9.20. The van der Waals surface area contributed by atoms with Crippen molar-refractivity contribution in [2.75, 3.05) is 19.8 Å². The molecule has 15 heavy (non-hydrogen) atoms. The summed E-state index contributed by atoms with van der Waals surface area (Å²) in [5.41, 5.74) is 0. The van der Waals surface area contributed by atoms with E-state index in [1.54, 1.807) is 0 Å². The number of ether oxygens (including phenoxy) is 3. The van der Waals surface area contributed by atoms with Gasteiger partial charge < -0.3 is 19.3 Å². The second-order valence-corrected chi connectivity index (χ2v) is 4.31. The molecule has 0 amide bonds. The zero-order chi connectivity index (χ0) is 11.3. The molecule has 0 spiro atoms. The van der Waals surface area contributed by atoms with E-state index in [1.807, 2.05) is 13.8 Å². The van der Waals surface area contributed by atoms with E-state index >= 15 is 0 Å². The minimum atomic E-state index is -0.549. The molecule has 0 aromatic rings. The average Bonchev–Trinajstić information content (AvgIpc) is 2.54. The molecule has 1 aliphatic rings. The molecule has 90 valence electrons. The molecular formula is C11H22O4. The van der Waals surface area contributed by atoms with Gasteiger partial charge in [0.25, 0.3) is 0 Å². The first-order chi connectivity index (χ1) is 7.09. The van der Waals surface area contributed by atoms with Crippen LogP contribution in [0.3, 0.4) is 0 Å². The van der Waals surface area contributed by atoms with Crippen LogP contribution in [0, 0.1) is 0 Å². The van der Waals surface area contributed by atoms with Crippen LogP contribution in [0.1, 0.15) is 33.6 Å². The molecule has 0 aliphatic carbocycles. The summed E-state index contributed by atoms with van der Waals surface area (Å²) in [5, 5.41) is 9.20. The molecule has 0 bridgehead atoms. The lowest BCUT2D eigenvalue weighted by molar-refractivity contribution is -0.160. The third-order valence-corrected chi connectivity index (χ3v) is 2.45. The maximum Gasteiger partial charge on any atom is 0.163 e. The third kappa shape index (κ3) is 4.07. The first kappa shape index (κ1) is 12.9. The lowest BCUT2D eigenvalue weighted by atomic mass is 10.2. The van der Waals surface area contributed by atoms with Gasteiger partial charge in [-0.1, -0.05) is 13.3 Å². The van der Waals surface area contributed by atoms with Crippen molar-refractivity contribution in [3.8, 4) is 0 Å². The van der Waals surface area contributed by atoms with Crippen LogP contribution in [0.25, 0.3) is 0 Å². The van der Waals surface area contributed by atoms with Gasteiger partial charge in [0.15, 0.2) is 5.79 Å². The number of aliphatic hydroxyl groups is 1. The summed E-state index contributed by atoms with van der Waals surface area (Å²) in [7, 11) is 0. The molecule has 0 unspecified atom stereocenters. The van der Waals surface area contributed by atoms with Crippen LogP contribution >= 0.6 is 0 Å². The fraction of sp³-hybridized carbons (Fsp3) is 1.00. The quantitative estimate of drug-likeness (QED) is 0.683. The van der Waals surface area contributed by atoms with E-state index in [-0.39, 0.29) is 18.8 Å². The zero-order valence-corrected chi connectivity index (χ0v) is 9.86. The molecule has 0 radical (unpaired) electrons. The van der Waals surface area contributed by atoms with Crippen molar-refractivity contribution >= 4 is 0 Å². The molecule has 1 aliphatic heterocycles. The minimum absolute atomic E-state index is 0.0200. The summed E-state index contributed by atoms with van der Waals surface area (Å²) >= 11 is 0. The summed E-state index contributed by atoms with van der Waals surface area (Å²) in [6.45, 7) is 6.98. The monoisotopic (exact) mass is 218 g/mol. The Balaban J connectivity index is 2.32. The molecule has 4 heteroatoms. The van der Waals surface area contributed by atoms with Crippen LogP contribution in [0.2, 0.25) is 0 Å². The molecular weight excluding hydrogens is 196 g/mol.